The summed E-state index contributed by atoms with van der Waals surface area (Å²) in [7, 11) is 0. The Morgan fingerprint density at radius 1 is 1.40 bits per heavy atom. The van der Waals surface area contributed by atoms with Crippen LogP contribution in [0, 0.1) is 11.6 Å². The topological polar surface area (TPSA) is 24.4 Å². The highest BCUT2D eigenvalue weighted by molar-refractivity contribution is 9.10. The second-order valence-electron chi connectivity index (χ2n) is 3.46. The van der Waals surface area contributed by atoms with Crippen LogP contribution in [-0.4, -0.2) is 18.4 Å². The Morgan fingerprint density at radius 2 is 2.13 bits per heavy atom. The minimum Gasteiger partial charge on any atom is -0.365 e. The SMILES string of the molecule is CC1CN=C(c2ccc(Br)c(F)c2F)N1. The lowest BCUT2D eigenvalue weighted by atomic mass is 10.2. The summed E-state index contributed by atoms with van der Waals surface area (Å²) in [4.78, 5) is 4.10. The monoisotopic (exact) mass is 274 g/mol. The van der Waals surface area contributed by atoms with Crippen LogP contribution >= 0.6 is 15.9 Å². The Labute approximate surface area is 94.5 Å². The molecular formula is C10H9BrF2N2. The highest BCUT2D eigenvalue weighted by Crippen LogP contribution is 2.21. The van der Waals surface area contributed by atoms with Gasteiger partial charge in [0.2, 0.25) is 0 Å². The largest absolute Gasteiger partial charge is 0.365 e. The van der Waals surface area contributed by atoms with E-state index in [2.05, 4.69) is 26.2 Å². The number of rotatable bonds is 1. The van der Waals surface area contributed by atoms with E-state index in [-0.39, 0.29) is 16.1 Å². The van der Waals surface area contributed by atoms with E-state index in [9.17, 15) is 8.78 Å². The second kappa shape index (κ2) is 3.89. The molecule has 2 nitrogen and oxygen atoms in total. The van der Waals surface area contributed by atoms with E-state index < -0.39 is 11.6 Å². The minimum absolute atomic E-state index is 0.121. The van der Waals surface area contributed by atoms with E-state index in [0.717, 1.165) is 0 Å². The molecule has 0 spiro atoms. The summed E-state index contributed by atoms with van der Waals surface area (Å²) in [6, 6.07) is 3.15. The van der Waals surface area contributed by atoms with Gasteiger partial charge in [0.15, 0.2) is 11.6 Å². The zero-order valence-electron chi connectivity index (χ0n) is 8.02. The highest BCUT2D eigenvalue weighted by Gasteiger charge is 2.20. The lowest BCUT2D eigenvalue weighted by molar-refractivity contribution is 0.502. The molecule has 15 heavy (non-hydrogen) atoms. The average molecular weight is 275 g/mol. The fourth-order valence-electron chi connectivity index (χ4n) is 1.42. The molecule has 0 amide bonds. The lowest BCUT2D eigenvalue weighted by Crippen LogP contribution is -2.28. The Balaban J connectivity index is 2.42. The number of benzene rings is 1. The van der Waals surface area contributed by atoms with Crippen LogP contribution in [-0.2, 0) is 0 Å². The summed E-state index contributed by atoms with van der Waals surface area (Å²) in [6.45, 7) is 2.52. The van der Waals surface area contributed by atoms with Gasteiger partial charge >= 0.3 is 0 Å². The van der Waals surface area contributed by atoms with E-state index in [1.807, 2.05) is 6.92 Å². The van der Waals surface area contributed by atoms with Gasteiger partial charge in [-0.3, -0.25) is 4.99 Å². The van der Waals surface area contributed by atoms with E-state index in [1.165, 1.54) is 12.1 Å². The van der Waals surface area contributed by atoms with Crippen LogP contribution in [0.15, 0.2) is 21.6 Å². The summed E-state index contributed by atoms with van der Waals surface area (Å²) < 4.78 is 26.9. The van der Waals surface area contributed by atoms with Gasteiger partial charge in [0.05, 0.1) is 16.6 Å². The van der Waals surface area contributed by atoms with Crippen molar-refractivity contribution < 1.29 is 8.78 Å². The van der Waals surface area contributed by atoms with Crippen LogP contribution in [0.5, 0.6) is 0 Å². The van der Waals surface area contributed by atoms with Gasteiger partial charge in [0.25, 0.3) is 0 Å². The molecule has 0 aliphatic carbocycles. The number of amidine groups is 1. The van der Waals surface area contributed by atoms with Crippen LogP contribution in [0.3, 0.4) is 0 Å². The predicted molar refractivity (Wildman–Crippen MR) is 58.1 cm³/mol. The van der Waals surface area contributed by atoms with Gasteiger partial charge in [-0.2, -0.15) is 0 Å². The maximum absolute atomic E-state index is 13.5. The summed E-state index contributed by atoms with van der Waals surface area (Å²) >= 11 is 2.93. The first kappa shape index (κ1) is 10.5. The molecular weight excluding hydrogens is 266 g/mol. The molecule has 1 atom stereocenters. The molecule has 0 radical (unpaired) electrons. The summed E-state index contributed by atoms with van der Waals surface area (Å²) in [5, 5.41) is 2.99. The summed E-state index contributed by atoms with van der Waals surface area (Å²) in [5.74, 6) is -1.33. The van der Waals surface area contributed by atoms with Gasteiger partial charge in [-0.15, -0.1) is 0 Å². The Hall–Kier alpha value is -0.970. The Kier molecular flexibility index (Phi) is 2.73. The molecule has 0 saturated heterocycles. The third-order valence-electron chi connectivity index (χ3n) is 2.20. The number of nitrogens with one attached hydrogen (secondary N) is 1. The van der Waals surface area contributed by atoms with E-state index in [4.69, 9.17) is 0 Å². The van der Waals surface area contributed by atoms with Crippen LogP contribution in [0.1, 0.15) is 12.5 Å². The van der Waals surface area contributed by atoms with E-state index in [1.54, 1.807) is 0 Å². The molecule has 1 unspecified atom stereocenters. The van der Waals surface area contributed by atoms with Crippen molar-refractivity contribution in [3.05, 3.63) is 33.8 Å². The molecule has 0 aromatic heterocycles. The van der Waals surface area contributed by atoms with Crippen molar-refractivity contribution >= 4 is 21.8 Å². The maximum atomic E-state index is 13.5. The quantitative estimate of drug-likeness (QED) is 0.782. The number of halogens is 3. The zero-order valence-corrected chi connectivity index (χ0v) is 9.61. The molecule has 2 rings (SSSR count). The van der Waals surface area contributed by atoms with E-state index >= 15 is 0 Å². The van der Waals surface area contributed by atoms with Gasteiger partial charge in [-0.25, -0.2) is 8.78 Å². The third-order valence-corrected chi connectivity index (χ3v) is 2.81. The van der Waals surface area contributed by atoms with Crippen molar-refractivity contribution in [1.82, 2.24) is 5.32 Å². The Bertz CT molecular complexity index is 432. The third kappa shape index (κ3) is 1.88. The van der Waals surface area contributed by atoms with Gasteiger partial charge < -0.3 is 5.32 Å². The maximum Gasteiger partial charge on any atom is 0.173 e. The van der Waals surface area contributed by atoms with Crippen molar-refractivity contribution in [3.8, 4) is 0 Å². The highest BCUT2D eigenvalue weighted by atomic mass is 79.9. The van der Waals surface area contributed by atoms with Crippen molar-refractivity contribution in [3.63, 3.8) is 0 Å². The van der Waals surface area contributed by atoms with E-state index in [0.29, 0.717) is 12.4 Å². The first-order valence-electron chi connectivity index (χ1n) is 4.54. The molecule has 0 bridgehead atoms. The minimum atomic E-state index is -0.878. The smallest absolute Gasteiger partial charge is 0.173 e. The average Bonchev–Trinajstić information content (AvgIpc) is 2.61. The van der Waals surface area contributed by atoms with Crippen molar-refractivity contribution in [2.75, 3.05) is 6.54 Å². The summed E-state index contributed by atoms with van der Waals surface area (Å²) in [6.07, 6.45) is 0. The molecule has 0 fully saturated rings. The second-order valence-corrected chi connectivity index (χ2v) is 4.31. The molecule has 80 valence electrons. The molecule has 0 saturated carbocycles. The fraction of sp³-hybridized carbons (Fsp3) is 0.300. The van der Waals surface area contributed by atoms with Gasteiger partial charge in [-0.05, 0) is 35.0 Å². The number of aliphatic imine (C=N–C) groups is 1. The number of nitrogens with zero attached hydrogens (tertiary/aromatic N) is 1. The van der Waals surface area contributed by atoms with Crippen LogP contribution in [0.2, 0.25) is 0 Å². The molecule has 1 aromatic carbocycles. The lowest BCUT2D eigenvalue weighted by Gasteiger charge is -2.08. The normalized spacial score (nSPS) is 20.0. The number of hydrogen-bond acceptors (Lipinski definition) is 2. The molecule has 1 aliphatic heterocycles. The van der Waals surface area contributed by atoms with Crippen LogP contribution < -0.4 is 5.32 Å². The van der Waals surface area contributed by atoms with Crippen molar-refractivity contribution in [2.45, 2.75) is 13.0 Å². The van der Waals surface area contributed by atoms with Gasteiger partial charge in [0.1, 0.15) is 5.84 Å². The van der Waals surface area contributed by atoms with Gasteiger partial charge in [0, 0.05) is 6.04 Å². The molecule has 1 aliphatic rings. The van der Waals surface area contributed by atoms with Crippen LogP contribution in [0.4, 0.5) is 8.78 Å². The fourth-order valence-corrected chi connectivity index (χ4v) is 1.73. The molecule has 5 heteroatoms. The Morgan fingerprint density at radius 3 is 2.73 bits per heavy atom. The standard InChI is InChI=1S/C10H9BrF2N2/c1-5-4-14-10(15-5)6-2-3-7(11)9(13)8(6)12/h2-3,5H,4H2,1H3,(H,14,15). The predicted octanol–water partition coefficient (Wildman–Crippen LogP) is 2.47. The first-order valence-corrected chi connectivity index (χ1v) is 5.33. The molecule has 1 aromatic rings. The van der Waals surface area contributed by atoms with Crippen molar-refractivity contribution in [2.24, 2.45) is 4.99 Å². The molecule has 1 heterocycles. The molecule has 1 N–H and O–H groups in total. The zero-order chi connectivity index (χ0) is 11.0. The van der Waals surface area contributed by atoms with Crippen LogP contribution in [0.25, 0.3) is 0 Å². The summed E-state index contributed by atoms with van der Waals surface area (Å²) in [5.41, 5.74) is 0.181. The number of hydrogen-bond donors (Lipinski definition) is 1. The van der Waals surface area contributed by atoms with Gasteiger partial charge in [-0.1, -0.05) is 0 Å². The first-order chi connectivity index (χ1) is 7.09. The van der Waals surface area contributed by atoms with Crippen molar-refractivity contribution in [1.29, 1.82) is 0 Å².